The van der Waals surface area contributed by atoms with Gasteiger partial charge in [-0.25, -0.2) is 4.98 Å². The third-order valence-electron chi connectivity index (χ3n) is 6.95. The smallest absolute Gasteiger partial charge is 0.221 e. The monoisotopic (exact) mass is 480 g/mol. The lowest BCUT2D eigenvalue weighted by atomic mass is 9.91. The van der Waals surface area contributed by atoms with Gasteiger partial charge in [-0.3, -0.25) is 0 Å². The minimum absolute atomic E-state index is 0.0989. The van der Waals surface area contributed by atoms with Crippen LogP contribution in [-0.2, 0) is 13.7 Å². The molecule has 0 aliphatic rings. The Hall–Kier alpha value is -4.36. The van der Waals surface area contributed by atoms with Crippen LogP contribution >= 0.6 is 0 Å². The van der Waals surface area contributed by atoms with E-state index in [9.17, 15) is 5.11 Å². The van der Waals surface area contributed by atoms with Crippen LogP contribution in [0.2, 0.25) is 0 Å². The van der Waals surface area contributed by atoms with Gasteiger partial charge in [-0.1, -0.05) is 18.2 Å². The highest BCUT2D eigenvalue weighted by Crippen LogP contribution is 2.43. The van der Waals surface area contributed by atoms with E-state index in [-0.39, 0.29) is 6.61 Å². The number of aromatic amines is 1. The minimum atomic E-state index is -0.0989. The number of aliphatic hydroxyl groups is 1. The number of hydrogen-bond donors (Lipinski definition) is 2. The fourth-order valence-corrected chi connectivity index (χ4v) is 5.29. The molecule has 0 radical (unpaired) electrons. The molecule has 0 aliphatic heterocycles. The van der Waals surface area contributed by atoms with Crippen LogP contribution in [0, 0.1) is 0 Å². The van der Waals surface area contributed by atoms with Crippen molar-refractivity contribution in [2.45, 2.75) is 6.61 Å². The second-order valence-corrected chi connectivity index (χ2v) is 8.83. The third kappa shape index (κ3) is 3.17. The molecule has 0 saturated carbocycles. The normalized spacial score (nSPS) is 11.6. The number of benzene rings is 4. The summed E-state index contributed by atoms with van der Waals surface area (Å²) in [6.07, 6.45) is 3.77. The van der Waals surface area contributed by atoms with Gasteiger partial charge in [-0.2, -0.15) is 4.57 Å². The van der Waals surface area contributed by atoms with Crippen molar-refractivity contribution in [3.8, 4) is 28.4 Å². The summed E-state index contributed by atoms with van der Waals surface area (Å²) in [5, 5.41) is 15.0. The van der Waals surface area contributed by atoms with E-state index in [2.05, 4.69) is 51.1 Å². The van der Waals surface area contributed by atoms with Crippen molar-refractivity contribution in [2.24, 2.45) is 7.05 Å². The van der Waals surface area contributed by atoms with Crippen LogP contribution in [0.25, 0.3) is 54.6 Å². The van der Waals surface area contributed by atoms with Gasteiger partial charge in [-0.05, 0) is 46.8 Å². The Kier molecular flexibility index (Phi) is 5.16. The number of aromatic nitrogens is 3. The SMILES string of the molecule is COc1cc2cc(-c3ccc4[nH]cnc4c3)c3c4ccc(CO)c(OC)c4c[n+](C)c3c2cc1OC. The van der Waals surface area contributed by atoms with Crippen molar-refractivity contribution in [3.05, 3.63) is 66.6 Å². The molecule has 6 rings (SSSR count). The van der Waals surface area contributed by atoms with Gasteiger partial charge in [0.15, 0.2) is 17.7 Å². The number of H-pyrrole nitrogens is 1. The van der Waals surface area contributed by atoms with Gasteiger partial charge in [0.05, 0.1) is 61.5 Å². The molecule has 180 valence electrons. The molecule has 0 bridgehead atoms. The second kappa shape index (κ2) is 8.39. The van der Waals surface area contributed by atoms with E-state index in [4.69, 9.17) is 14.2 Å². The zero-order valence-electron chi connectivity index (χ0n) is 20.5. The highest BCUT2D eigenvalue weighted by Gasteiger charge is 2.23. The van der Waals surface area contributed by atoms with Gasteiger partial charge in [0, 0.05) is 10.9 Å². The molecule has 6 aromatic rings. The molecule has 2 N–H and O–H groups in total. The Labute approximate surface area is 207 Å². The Morgan fingerprint density at radius 1 is 0.889 bits per heavy atom. The number of aliphatic hydroxyl groups excluding tert-OH is 1. The van der Waals surface area contributed by atoms with Crippen LogP contribution < -0.4 is 18.8 Å². The maximum absolute atomic E-state index is 9.93. The average molecular weight is 481 g/mol. The van der Waals surface area contributed by atoms with Gasteiger partial charge in [-0.15, -0.1) is 0 Å². The van der Waals surface area contributed by atoms with E-state index in [1.54, 1.807) is 27.7 Å². The Morgan fingerprint density at radius 3 is 2.44 bits per heavy atom. The van der Waals surface area contributed by atoms with Crippen molar-refractivity contribution in [1.82, 2.24) is 9.97 Å². The van der Waals surface area contributed by atoms with Crippen LogP contribution in [0.4, 0.5) is 0 Å². The van der Waals surface area contributed by atoms with Gasteiger partial charge in [0.2, 0.25) is 5.52 Å². The predicted octanol–water partition coefficient (Wildman–Crippen LogP) is 5.03. The molecule has 0 unspecified atom stereocenters. The minimum Gasteiger partial charge on any atom is -0.495 e. The van der Waals surface area contributed by atoms with Crippen LogP contribution in [0.15, 0.2) is 61.1 Å². The Balaban J connectivity index is 1.85. The number of nitrogens with one attached hydrogen (secondary N) is 1. The molecule has 0 amide bonds. The first kappa shape index (κ1) is 22.1. The highest BCUT2D eigenvalue weighted by molar-refractivity contribution is 6.21. The summed E-state index contributed by atoms with van der Waals surface area (Å²) in [7, 11) is 6.97. The molecule has 2 aromatic heterocycles. The third-order valence-corrected chi connectivity index (χ3v) is 6.95. The number of rotatable bonds is 5. The second-order valence-electron chi connectivity index (χ2n) is 8.83. The van der Waals surface area contributed by atoms with E-state index in [0.29, 0.717) is 17.2 Å². The number of hydrogen-bond acceptors (Lipinski definition) is 5. The molecule has 7 nitrogen and oxygen atoms in total. The Bertz CT molecular complexity index is 1810. The van der Waals surface area contributed by atoms with Crippen molar-refractivity contribution < 1.29 is 23.9 Å². The van der Waals surface area contributed by atoms with Gasteiger partial charge in [0.25, 0.3) is 0 Å². The molecule has 2 heterocycles. The van der Waals surface area contributed by atoms with E-state index in [1.807, 2.05) is 25.2 Å². The first-order valence-corrected chi connectivity index (χ1v) is 11.6. The Morgan fingerprint density at radius 2 is 1.69 bits per heavy atom. The molecule has 7 heteroatoms. The molecule has 0 saturated heterocycles. The molecule has 36 heavy (non-hydrogen) atoms. The zero-order valence-corrected chi connectivity index (χ0v) is 20.5. The molecular weight excluding hydrogens is 454 g/mol. The van der Waals surface area contributed by atoms with Crippen LogP contribution in [0.1, 0.15) is 5.56 Å². The van der Waals surface area contributed by atoms with E-state index < -0.39 is 0 Å². The van der Waals surface area contributed by atoms with Crippen LogP contribution in [-0.4, -0.2) is 36.4 Å². The summed E-state index contributed by atoms with van der Waals surface area (Å²) < 4.78 is 19.2. The molecule has 0 spiro atoms. The molecule has 0 aliphatic carbocycles. The lowest BCUT2D eigenvalue weighted by Crippen LogP contribution is -2.29. The summed E-state index contributed by atoms with van der Waals surface area (Å²) in [4.78, 5) is 7.66. The summed E-state index contributed by atoms with van der Waals surface area (Å²) in [5.74, 6) is 2.02. The van der Waals surface area contributed by atoms with Crippen molar-refractivity contribution in [3.63, 3.8) is 0 Å². The van der Waals surface area contributed by atoms with Crippen molar-refractivity contribution >= 4 is 43.5 Å². The lowest BCUT2D eigenvalue weighted by molar-refractivity contribution is -0.642. The van der Waals surface area contributed by atoms with Crippen LogP contribution in [0.5, 0.6) is 17.2 Å². The summed E-state index contributed by atoms with van der Waals surface area (Å²) >= 11 is 0. The largest absolute Gasteiger partial charge is 0.495 e. The highest BCUT2D eigenvalue weighted by atomic mass is 16.5. The van der Waals surface area contributed by atoms with Gasteiger partial charge >= 0.3 is 0 Å². The lowest BCUT2D eigenvalue weighted by Gasteiger charge is -2.16. The standard InChI is InChI=1S/C29H25N3O4/c1-32-13-22-19(7-5-17(14-33)29(22)36-4)27-20(16-6-8-23-24(10-16)31-15-30-23)9-18-11-25(34-2)26(35-3)12-21(18)28(27)32/h5-13,15,33H,14H2,1-4H3/p+1. The molecule has 4 aromatic carbocycles. The first-order chi connectivity index (χ1) is 17.6. The summed E-state index contributed by atoms with van der Waals surface area (Å²) in [6, 6.07) is 16.5. The maximum atomic E-state index is 9.93. The molecular formula is C29H26N3O4+. The summed E-state index contributed by atoms with van der Waals surface area (Å²) in [5.41, 5.74) is 5.80. The number of fused-ring (bicyclic) bond motifs is 6. The fraction of sp³-hybridized carbons (Fsp3) is 0.172. The predicted molar refractivity (Wildman–Crippen MR) is 141 cm³/mol. The number of ether oxygens (including phenoxy) is 3. The number of nitrogens with zero attached hydrogens (tertiary/aromatic N) is 2. The first-order valence-electron chi connectivity index (χ1n) is 11.6. The fourth-order valence-electron chi connectivity index (χ4n) is 5.29. The van der Waals surface area contributed by atoms with E-state index in [0.717, 1.165) is 60.2 Å². The summed E-state index contributed by atoms with van der Waals surface area (Å²) in [6.45, 7) is -0.0989. The molecule has 0 fully saturated rings. The zero-order chi connectivity index (χ0) is 25.0. The van der Waals surface area contributed by atoms with Crippen LogP contribution in [0.3, 0.4) is 0 Å². The maximum Gasteiger partial charge on any atom is 0.221 e. The average Bonchev–Trinajstić information content (AvgIpc) is 3.38. The number of aryl methyl sites for hydroxylation is 1. The van der Waals surface area contributed by atoms with Gasteiger partial charge < -0.3 is 24.3 Å². The topological polar surface area (TPSA) is 80.5 Å². The van der Waals surface area contributed by atoms with Crippen molar-refractivity contribution in [1.29, 1.82) is 0 Å². The van der Waals surface area contributed by atoms with Crippen molar-refractivity contribution in [2.75, 3.05) is 21.3 Å². The van der Waals surface area contributed by atoms with E-state index >= 15 is 0 Å². The number of pyridine rings is 1. The van der Waals surface area contributed by atoms with E-state index in [1.165, 1.54) is 0 Å². The van der Waals surface area contributed by atoms with Gasteiger partial charge in [0.1, 0.15) is 12.8 Å². The molecule has 0 atom stereocenters. The quantitative estimate of drug-likeness (QED) is 0.267. The number of methoxy groups -OCH3 is 3. The number of imidazole rings is 1.